The Labute approximate surface area is 138 Å². The van der Waals surface area contributed by atoms with Gasteiger partial charge in [-0.05, 0) is 19.4 Å². The fourth-order valence-electron chi connectivity index (χ4n) is 2.75. The first-order valence-electron chi connectivity index (χ1n) is 7.92. The van der Waals surface area contributed by atoms with E-state index in [2.05, 4.69) is 5.10 Å². The van der Waals surface area contributed by atoms with E-state index in [9.17, 15) is 14.4 Å². The van der Waals surface area contributed by atoms with Crippen LogP contribution in [-0.4, -0.2) is 33.9 Å². The Kier molecular flexibility index (Phi) is 4.33. The Balaban J connectivity index is 2.01. The van der Waals surface area contributed by atoms with Gasteiger partial charge in [0.25, 0.3) is 5.56 Å². The highest BCUT2D eigenvalue weighted by atomic mass is 16.6. The van der Waals surface area contributed by atoms with Crippen LogP contribution in [0.3, 0.4) is 0 Å². The maximum Gasteiger partial charge on any atom is 0.360 e. The Morgan fingerprint density at radius 1 is 1.33 bits per heavy atom. The Bertz CT molecular complexity index is 858. The summed E-state index contributed by atoms with van der Waals surface area (Å²) in [6, 6.07) is 6.74. The number of nitrogens with zero attached hydrogens (tertiary/aromatic N) is 2. The number of fused-ring (bicyclic) bond motifs is 1. The van der Waals surface area contributed by atoms with E-state index in [0.29, 0.717) is 30.2 Å². The molecule has 1 aromatic heterocycles. The third-order valence-corrected chi connectivity index (χ3v) is 3.87. The summed E-state index contributed by atoms with van der Waals surface area (Å²) in [5.41, 5.74) is -0.219. The molecule has 1 fully saturated rings. The van der Waals surface area contributed by atoms with Crippen LogP contribution in [0.1, 0.15) is 37.2 Å². The molecule has 3 rings (SSSR count). The predicted molar refractivity (Wildman–Crippen MR) is 85.7 cm³/mol. The normalized spacial score (nSPS) is 20.2. The van der Waals surface area contributed by atoms with Gasteiger partial charge in [-0.25, -0.2) is 14.3 Å². The summed E-state index contributed by atoms with van der Waals surface area (Å²) in [4.78, 5) is 36.6. The first-order valence-corrected chi connectivity index (χ1v) is 7.92. The quantitative estimate of drug-likeness (QED) is 0.793. The molecule has 1 aliphatic rings. The largest absolute Gasteiger partial charge is 0.460 e. The lowest BCUT2D eigenvalue weighted by Crippen LogP contribution is -2.28. The number of aryl methyl sites for hydroxylation is 1. The van der Waals surface area contributed by atoms with Gasteiger partial charge in [0, 0.05) is 18.4 Å². The fraction of sp³-hybridized carbons (Fsp3) is 0.412. The second kappa shape index (κ2) is 6.43. The molecule has 2 atom stereocenters. The molecule has 0 unspecified atom stereocenters. The van der Waals surface area contributed by atoms with Crippen LogP contribution in [0.5, 0.6) is 0 Å². The Hall–Kier alpha value is -2.70. The number of ether oxygens (including phenoxy) is 2. The van der Waals surface area contributed by atoms with Crippen molar-refractivity contribution in [3.05, 3.63) is 40.3 Å². The van der Waals surface area contributed by atoms with Crippen LogP contribution < -0.4 is 5.56 Å². The van der Waals surface area contributed by atoms with E-state index in [1.165, 1.54) is 4.68 Å². The van der Waals surface area contributed by atoms with Crippen LogP contribution in [0, 0.1) is 0 Å². The van der Waals surface area contributed by atoms with Crippen LogP contribution in [0.2, 0.25) is 0 Å². The van der Waals surface area contributed by atoms with Crippen molar-refractivity contribution in [2.75, 3.05) is 0 Å². The Morgan fingerprint density at radius 3 is 2.67 bits per heavy atom. The number of rotatable bonds is 4. The standard InChI is InChI=1S/C17H18N2O5/c1-3-8-19-15(20)12-7-5-4-6-11(12)14(18-19)17(22)24-13-9-10(2)23-16(13)21/h4-7,10,13H,3,8-9H2,1-2H3/t10-,13+/m1/s1. The summed E-state index contributed by atoms with van der Waals surface area (Å²) >= 11 is 0. The van der Waals surface area contributed by atoms with E-state index in [1.54, 1.807) is 31.2 Å². The van der Waals surface area contributed by atoms with Gasteiger partial charge in [0.2, 0.25) is 6.10 Å². The van der Waals surface area contributed by atoms with Crippen molar-refractivity contribution in [2.45, 2.75) is 45.4 Å². The van der Waals surface area contributed by atoms with E-state index in [1.807, 2.05) is 6.92 Å². The van der Waals surface area contributed by atoms with Crippen molar-refractivity contribution < 1.29 is 19.1 Å². The molecule has 2 heterocycles. The molecule has 24 heavy (non-hydrogen) atoms. The first kappa shape index (κ1) is 16.2. The average Bonchev–Trinajstić information content (AvgIpc) is 2.87. The minimum atomic E-state index is -0.931. The zero-order chi connectivity index (χ0) is 17.3. The summed E-state index contributed by atoms with van der Waals surface area (Å²) in [5, 5.41) is 4.97. The van der Waals surface area contributed by atoms with Crippen LogP contribution in [0.15, 0.2) is 29.1 Å². The first-order chi connectivity index (χ1) is 11.5. The number of aromatic nitrogens is 2. The summed E-state index contributed by atoms with van der Waals surface area (Å²) < 4.78 is 11.5. The zero-order valence-electron chi connectivity index (χ0n) is 13.5. The van der Waals surface area contributed by atoms with Gasteiger partial charge in [0.15, 0.2) is 5.69 Å². The molecule has 1 aromatic carbocycles. The third kappa shape index (κ3) is 2.89. The van der Waals surface area contributed by atoms with Crippen molar-refractivity contribution in [1.29, 1.82) is 0 Å². The predicted octanol–water partition coefficient (Wildman–Crippen LogP) is 1.67. The van der Waals surface area contributed by atoms with Gasteiger partial charge in [-0.3, -0.25) is 4.79 Å². The number of carbonyl (C=O) groups is 2. The summed E-state index contributed by atoms with van der Waals surface area (Å²) in [6.45, 7) is 4.05. The molecule has 0 aliphatic carbocycles. The lowest BCUT2D eigenvalue weighted by molar-refractivity contribution is -0.147. The molecular formula is C17H18N2O5. The topological polar surface area (TPSA) is 87.5 Å². The van der Waals surface area contributed by atoms with Crippen LogP contribution in [-0.2, 0) is 20.8 Å². The maximum absolute atomic E-state index is 12.5. The lowest BCUT2D eigenvalue weighted by atomic mass is 10.1. The monoisotopic (exact) mass is 330 g/mol. The number of cyclic esters (lactones) is 1. The molecule has 0 N–H and O–H groups in total. The number of hydrogen-bond donors (Lipinski definition) is 0. The third-order valence-electron chi connectivity index (χ3n) is 3.87. The van der Waals surface area contributed by atoms with Gasteiger partial charge in [-0.15, -0.1) is 0 Å². The van der Waals surface area contributed by atoms with Crippen LogP contribution in [0.25, 0.3) is 10.8 Å². The van der Waals surface area contributed by atoms with E-state index in [0.717, 1.165) is 0 Å². The van der Waals surface area contributed by atoms with Gasteiger partial charge >= 0.3 is 11.9 Å². The molecule has 0 radical (unpaired) electrons. The van der Waals surface area contributed by atoms with Crippen molar-refractivity contribution in [2.24, 2.45) is 0 Å². The zero-order valence-corrected chi connectivity index (χ0v) is 13.5. The second-order valence-corrected chi connectivity index (χ2v) is 5.80. The van der Waals surface area contributed by atoms with E-state index < -0.39 is 18.0 Å². The summed E-state index contributed by atoms with van der Waals surface area (Å²) in [5.74, 6) is -1.28. The van der Waals surface area contributed by atoms with E-state index in [-0.39, 0.29) is 17.4 Å². The molecule has 0 saturated carbocycles. The molecule has 7 heteroatoms. The van der Waals surface area contributed by atoms with Gasteiger partial charge in [-0.2, -0.15) is 5.10 Å². The number of esters is 2. The van der Waals surface area contributed by atoms with Gasteiger partial charge < -0.3 is 9.47 Å². The second-order valence-electron chi connectivity index (χ2n) is 5.80. The molecule has 1 aliphatic heterocycles. The van der Waals surface area contributed by atoms with Crippen molar-refractivity contribution in [3.63, 3.8) is 0 Å². The van der Waals surface area contributed by atoms with Gasteiger partial charge in [-0.1, -0.05) is 25.1 Å². The van der Waals surface area contributed by atoms with Crippen molar-refractivity contribution in [3.8, 4) is 0 Å². The van der Waals surface area contributed by atoms with Crippen molar-refractivity contribution >= 4 is 22.7 Å². The molecule has 0 spiro atoms. The van der Waals surface area contributed by atoms with Crippen molar-refractivity contribution in [1.82, 2.24) is 9.78 Å². The minimum absolute atomic E-state index is 0.0333. The highest BCUT2D eigenvalue weighted by Crippen LogP contribution is 2.20. The van der Waals surface area contributed by atoms with Crippen LogP contribution >= 0.6 is 0 Å². The van der Waals surface area contributed by atoms with Gasteiger partial charge in [0.1, 0.15) is 6.10 Å². The summed E-state index contributed by atoms with van der Waals surface area (Å²) in [6.07, 6.45) is -0.197. The highest BCUT2D eigenvalue weighted by molar-refractivity contribution is 6.02. The van der Waals surface area contributed by atoms with Crippen LogP contribution in [0.4, 0.5) is 0 Å². The Morgan fingerprint density at radius 2 is 2.04 bits per heavy atom. The number of hydrogen-bond acceptors (Lipinski definition) is 6. The molecule has 0 bridgehead atoms. The average molecular weight is 330 g/mol. The molecular weight excluding hydrogens is 312 g/mol. The molecule has 1 saturated heterocycles. The number of carbonyl (C=O) groups excluding carboxylic acids is 2. The molecule has 7 nitrogen and oxygen atoms in total. The SMILES string of the molecule is CCCn1nc(C(=O)O[C@H]2C[C@@H](C)OC2=O)c2ccccc2c1=O. The maximum atomic E-state index is 12.5. The van der Waals surface area contributed by atoms with Gasteiger partial charge in [0.05, 0.1) is 5.39 Å². The van der Waals surface area contributed by atoms with E-state index >= 15 is 0 Å². The highest BCUT2D eigenvalue weighted by Gasteiger charge is 2.36. The van der Waals surface area contributed by atoms with E-state index in [4.69, 9.17) is 9.47 Å². The smallest absolute Gasteiger partial charge is 0.360 e. The lowest BCUT2D eigenvalue weighted by Gasteiger charge is -2.12. The molecule has 2 aromatic rings. The number of benzene rings is 1. The molecule has 0 amide bonds. The summed E-state index contributed by atoms with van der Waals surface area (Å²) in [7, 11) is 0. The fourth-order valence-corrected chi connectivity index (χ4v) is 2.75. The molecule has 126 valence electrons. The minimum Gasteiger partial charge on any atom is -0.460 e.